The van der Waals surface area contributed by atoms with Gasteiger partial charge in [0.05, 0.1) is 0 Å². The van der Waals surface area contributed by atoms with Crippen LogP contribution in [-0.4, -0.2) is 37.2 Å². The number of unbranched alkanes of at least 4 members (excludes halogenated alkanes) is 36. The quantitative estimate of drug-likeness (QED) is 0.0346. The molecule has 0 amide bonds. The molecule has 0 saturated carbocycles. The molecule has 0 aromatic carbocycles. The van der Waals surface area contributed by atoms with E-state index in [0.29, 0.717) is 19.3 Å². The minimum atomic E-state index is -0.758. The summed E-state index contributed by atoms with van der Waals surface area (Å²) in [7, 11) is 0. The fourth-order valence-corrected chi connectivity index (χ4v) is 7.74. The van der Waals surface area contributed by atoms with Crippen LogP contribution in [0.25, 0.3) is 0 Å². The first-order valence-electron chi connectivity index (χ1n) is 25.5. The van der Waals surface area contributed by atoms with Crippen molar-refractivity contribution in [1.29, 1.82) is 0 Å². The second kappa shape index (κ2) is 47.1. The topological polar surface area (TPSA) is 78.9 Å². The molecule has 0 saturated heterocycles. The van der Waals surface area contributed by atoms with Crippen molar-refractivity contribution >= 4 is 17.9 Å². The standard InChI is InChI=1S/C51H98O6/c1-4-7-10-13-15-17-19-21-23-25-26-28-29-31-33-35-38-41-44-50(53)56-47-48(46-55-49(52)43-40-37-12-9-6-3)57-51(54)45-42-39-36-34-32-30-27-24-22-20-18-16-14-11-8-5-2/h48H,4-47H2,1-3H3/t48-/m1/s1. The van der Waals surface area contributed by atoms with Gasteiger partial charge in [0.25, 0.3) is 0 Å². The van der Waals surface area contributed by atoms with Gasteiger partial charge in [-0.05, 0) is 19.3 Å². The van der Waals surface area contributed by atoms with Crippen LogP contribution >= 0.6 is 0 Å². The van der Waals surface area contributed by atoms with Crippen molar-refractivity contribution in [3.63, 3.8) is 0 Å². The molecule has 0 bridgehead atoms. The minimum absolute atomic E-state index is 0.0631. The van der Waals surface area contributed by atoms with Crippen LogP contribution < -0.4 is 0 Å². The molecule has 0 aromatic heterocycles. The van der Waals surface area contributed by atoms with E-state index in [4.69, 9.17) is 14.2 Å². The smallest absolute Gasteiger partial charge is 0.306 e. The van der Waals surface area contributed by atoms with Crippen molar-refractivity contribution in [1.82, 2.24) is 0 Å². The first kappa shape index (κ1) is 55.4. The van der Waals surface area contributed by atoms with Gasteiger partial charge >= 0.3 is 17.9 Å². The fourth-order valence-electron chi connectivity index (χ4n) is 7.74. The maximum absolute atomic E-state index is 12.7. The fraction of sp³-hybridized carbons (Fsp3) is 0.941. The molecule has 57 heavy (non-hydrogen) atoms. The van der Waals surface area contributed by atoms with Crippen LogP contribution in [-0.2, 0) is 28.6 Å². The van der Waals surface area contributed by atoms with E-state index in [2.05, 4.69) is 20.8 Å². The molecule has 0 heterocycles. The molecule has 0 unspecified atom stereocenters. The van der Waals surface area contributed by atoms with E-state index in [1.54, 1.807) is 0 Å². The normalized spacial score (nSPS) is 11.8. The van der Waals surface area contributed by atoms with Gasteiger partial charge in [-0.15, -0.1) is 0 Å². The van der Waals surface area contributed by atoms with Gasteiger partial charge in [-0.3, -0.25) is 14.4 Å². The van der Waals surface area contributed by atoms with Gasteiger partial charge in [0.2, 0.25) is 0 Å². The first-order chi connectivity index (χ1) is 28.0. The first-order valence-corrected chi connectivity index (χ1v) is 25.5. The molecule has 0 aliphatic carbocycles. The number of hydrogen-bond acceptors (Lipinski definition) is 6. The second-order valence-electron chi connectivity index (χ2n) is 17.5. The second-order valence-corrected chi connectivity index (χ2v) is 17.5. The van der Waals surface area contributed by atoms with Gasteiger partial charge in [-0.2, -0.15) is 0 Å². The number of rotatable bonds is 47. The number of ether oxygens (including phenoxy) is 3. The van der Waals surface area contributed by atoms with Crippen LogP contribution in [0.1, 0.15) is 290 Å². The summed E-state index contributed by atoms with van der Waals surface area (Å²) in [6.45, 7) is 6.60. The van der Waals surface area contributed by atoms with Gasteiger partial charge < -0.3 is 14.2 Å². The number of carbonyl (C=O) groups is 3. The third-order valence-electron chi connectivity index (χ3n) is 11.6. The van der Waals surface area contributed by atoms with Gasteiger partial charge in [0, 0.05) is 19.3 Å². The average Bonchev–Trinajstić information content (AvgIpc) is 3.21. The van der Waals surface area contributed by atoms with Gasteiger partial charge in [-0.25, -0.2) is 0 Å². The van der Waals surface area contributed by atoms with Crippen LogP contribution in [0.15, 0.2) is 0 Å². The van der Waals surface area contributed by atoms with Crippen molar-refractivity contribution in [2.45, 2.75) is 297 Å². The zero-order valence-corrected chi connectivity index (χ0v) is 38.6. The molecular formula is C51H98O6. The Morgan fingerprint density at radius 3 is 0.702 bits per heavy atom. The largest absolute Gasteiger partial charge is 0.462 e. The molecular weight excluding hydrogens is 709 g/mol. The number of carbonyl (C=O) groups excluding carboxylic acids is 3. The van der Waals surface area contributed by atoms with Crippen LogP contribution in [0.2, 0.25) is 0 Å². The Balaban J connectivity index is 4.10. The van der Waals surface area contributed by atoms with E-state index in [0.717, 1.165) is 64.2 Å². The summed E-state index contributed by atoms with van der Waals surface area (Å²) in [6, 6.07) is 0. The highest BCUT2D eigenvalue weighted by molar-refractivity contribution is 5.71. The highest BCUT2D eigenvalue weighted by Gasteiger charge is 2.19. The van der Waals surface area contributed by atoms with E-state index in [9.17, 15) is 14.4 Å². The van der Waals surface area contributed by atoms with Gasteiger partial charge in [0.1, 0.15) is 13.2 Å². The highest BCUT2D eigenvalue weighted by Crippen LogP contribution is 2.17. The molecule has 1 atom stereocenters. The molecule has 0 aliphatic rings. The average molecular weight is 807 g/mol. The van der Waals surface area contributed by atoms with Crippen LogP contribution in [0.4, 0.5) is 0 Å². The molecule has 0 spiro atoms. The molecule has 0 aromatic rings. The lowest BCUT2D eigenvalue weighted by atomic mass is 10.0. The summed E-state index contributed by atoms with van der Waals surface area (Å²) >= 11 is 0. The molecule has 6 heteroatoms. The molecule has 0 fully saturated rings. The zero-order valence-electron chi connectivity index (χ0n) is 38.6. The molecule has 0 radical (unpaired) electrons. The predicted octanol–water partition coefficient (Wildman–Crippen LogP) is 16.4. The predicted molar refractivity (Wildman–Crippen MR) is 243 cm³/mol. The van der Waals surface area contributed by atoms with Crippen molar-refractivity contribution in [3.8, 4) is 0 Å². The molecule has 338 valence electrons. The molecule has 0 N–H and O–H groups in total. The SMILES string of the molecule is CCCCCCCCCCCCCCCCCCCCC(=O)OC[C@@H](COC(=O)CCCCCCC)OC(=O)CCCCCCCCCCCCCCCCCC. The minimum Gasteiger partial charge on any atom is -0.462 e. The van der Waals surface area contributed by atoms with Crippen molar-refractivity contribution < 1.29 is 28.6 Å². The van der Waals surface area contributed by atoms with Gasteiger partial charge in [-0.1, -0.05) is 252 Å². The highest BCUT2D eigenvalue weighted by atomic mass is 16.6. The van der Waals surface area contributed by atoms with Crippen LogP contribution in [0.5, 0.6) is 0 Å². The van der Waals surface area contributed by atoms with Crippen molar-refractivity contribution in [2.24, 2.45) is 0 Å². The summed E-state index contributed by atoms with van der Waals surface area (Å²) in [5, 5.41) is 0. The lowest BCUT2D eigenvalue weighted by Crippen LogP contribution is -2.30. The monoisotopic (exact) mass is 807 g/mol. The summed E-state index contributed by atoms with van der Waals surface area (Å²) in [4.78, 5) is 37.6. The zero-order chi connectivity index (χ0) is 41.5. The van der Waals surface area contributed by atoms with Gasteiger partial charge in [0.15, 0.2) is 6.10 Å². The van der Waals surface area contributed by atoms with Crippen LogP contribution in [0, 0.1) is 0 Å². The lowest BCUT2D eigenvalue weighted by molar-refractivity contribution is -0.167. The van der Waals surface area contributed by atoms with E-state index in [1.165, 1.54) is 186 Å². The van der Waals surface area contributed by atoms with E-state index < -0.39 is 6.10 Å². The van der Waals surface area contributed by atoms with Crippen molar-refractivity contribution in [2.75, 3.05) is 13.2 Å². The van der Waals surface area contributed by atoms with E-state index in [1.807, 2.05) is 0 Å². The third-order valence-corrected chi connectivity index (χ3v) is 11.6. The summed E-state index contributed by atoms with van der Waals surface area (Å²) in [5.74, 6) is -0.858. The molecule has 0 aliphatic heterocycles. The van der Waals surface area contributed by atoms with Crippen LogP contribution in [0.3, 0.4) is 0 Å². The lowest BCUT2D eigenvalue weighted by Gasteiger charge is -2.18. The Hall–Kier alpha value is -1.59. The molecule has 6 nitrogen and oxygen atoms in total. The maximum Gasteiger partial charge on any atom is 0.306 e. The Bertz CT molecular complexity index is 844. The summed E-state index contributed by atoms with van der Waals surface area (Å²) < 4.78 is 16.7. The maximum atomic E-state index is 12.7. The Morgan fingerprint density at radius 2 is 0.474 bits per heavy atom. The van der Waals surface area contributed by atoms with E-state index >= 15 is 0 Å². The molecule has 0 rings (SSSR count). The summed E-state index contributed by atoms with van der Waals surface area (Å²) in [5.41, 5.74) is 0. The number of esters is 3. The van der Waals surface area contributed by atoms with Crippen molar-refractivity contribution in [3.05, 3.63) is 0 Å². The Morgan fingerprint density at radius 1 is 0.281 bits per heavy atom. The number of hydrogen-bond donors (Lipinski definition) is 0. The Kier molecular flexibility index (Phi) is 45.8. The summed E-state index contributed by atoms with van der Waals surface area (Å²) in [6.07, 6.45) is 49.8. The third kappa shape index (κ3) is 45.3. The Labute approximate surface area is 355 Å². The van der Waals surface area contributed by atoms with E-state index in [-0.39, 0.29) is 31.1 Å².